The lowest BCUT2D eigenvalue weighted by molar-refractivity contribution is 1.18. The topological polar surface area (TPSA) is 25.8 Å². The number of hydrogen-bond acceptors (Lipinski definition) is 3. The van der Waals surface area contributed by atoms with Gasteiger partial charge in [0, 0.05) is 36.9 Å². The van der Waals surface area contributed by atoms with Crippen LogP contribution in [-0.2, 0) is 0 Å². The highest BCUT2D eigenvalue weighted by atomic mass is 32.1. The van der Waals surface area contributed by atoms with Gasteiger partial charge in [0.15, 0.2) is 5.82 Å². The summed E-state index contributed by atoms with van der Waals surface area (Å²) in [7, 11) is 0. The van der Waals surface area contributed by atoms with Crippen LogP contribution in [0.1, 0.15) is 0 Å². The van der Waals surface area contributed by atoms with Crippen LogP contribution in [0.3, 0.4) is 0 Å². The van der Waals surface area contributed by atoms with Crippen LogP contribution >= 0.6 is 11.3 Å². The minimum atomic E-state index is 0.709. The van der Waals surface area contributed by atoms with E-state index in [2.05, 4.69) is 158 Å². The van der Waals surface area contributed by atoms with Crippen molar-refractivity contribution in [2.45, 2.75) is 0 Å². The van der Waals surface area contributed by atoms with Gasteiger partial charge in [-0.25, -0.2) is 9.97 Å². The monoisotopic (exact) mass is 642 g/mol. The van der Waals surface area contributed by atoms with Crippen LogP contribution in [0.15, 0.2) is 182 Å². The number of fused-ring (bicyclic) bond motifs is 3. The average molecular weight is 643 g/mol. The molecule has 0 atom stereocenters. The first-order valence-corrected chi connectivity index (χ1v) is 17.3. The molecule has 2 heterocycles. The van der Waals surface area contributed by atoms with Crippen molar-refractivity contribution in [1.82, 2.24) is 9.97 Å². The summed E-state index contributed by atoms with van der Waals surface area (Å²) in [5.41, 5.74) is 12.0. The molecule has 0 bridgehead atoms. The summed E-state index contributed by atoms with van der Waals surface area (Å²) in [5, 5.41) is 2.58. The molecule has 0 saturated heterocycles. The van der Waals surface area contributed by atoms with E-state index in [0.29, 0.717) is 5.82 Å². The van der Waals surface area contributed by atoms with Gasteiger partial charge in [-0.15, -0.1) is 11.3 Å². The van der Waals surface area contributed by atoms with Crippen LogP contribution in [0.4, 0.5) is 0 Å². The number of aromatic nitrogens is 2. The second-order valence-electron chi connectivity index (χ2n) is 12.2. The molecule has 9 rings (SSSR count). The standard InChI is InChI=1S/C46H30N2S/c1-4-14-31(15-5-1)34-20-12-21-35(26-34)36-27-37(39-23-13-25-44-45(39)40-22-10-11-24-43(40)49-44)29-38(28-36)42-30-41(32-16-6-2-7-17-32)47-46(48-42)33-18-8-3-9-19-33/h1-30H. The number of hydrogen-bond donors (Lipinski definition) is 0. The number of benzene rings is 7. The molecule has 0 amide bonds. The van der Waals surface area contributed by atoms with Gasteiger partial charge in [-0.05, 0) is 75.8 Å². The predicted octanol–water partition coefficient (Wildman–Crippen LogP) is 12.8. The van der Waals surface area contributed by atoms with Crippen LogP contribution < -0.4 is 0 Å². The fourth-order valence-corrected chi connectivity index (χ4v) is 7.82. The minimum absolute atomic E-state index is 0.709. The van der Waals surface area contributed by atoms with Crippen LogP contribution in [0, 0.1) is 0 Å². The van der Waals surface area contributed by atoms with Crippen molar-refractivity contribution in [3.05, 3.63) is 182 Å². The molecule has 9 aromatic rings. The van der Waals surface area contributed by atoms with Crippen molar-refractivity contribution >= 4 is 31.5 Å². The second-order valence-corrected chi connectivity index (χ2v) is 13.3. The second kappa shape index (κ2) is 12.5. The third kappa shape index (κ3) is 5.61. The summed E-state index contributed by atoms with van der Waals surface area (Å²) in [6.07, 6.45) is 0. The Morgan fingerprint density at radius 1 is 0.327 bits per heavy atom. The molecule has 0 saturated carbocycles. The lowest BCUT2D eigenvalue weighted by atomic mass is 9.91. The molecule has 0 aliphatic rings. The van der Waals surface area contributed by atoms with Crippen LogP contribution in [0.2, 0.25) is 0 Å². The highest BCUT2D eigenvalue weighted by molar-refractivity contribution is 7.25. The van der Waals surface area contributed by atoms with E-state index in [1.807, 2.05) is 35.6 Å². The summed E-state index contributed by atoms with van der Waals surface area (Å²) in [4.78, 5) is 10.3. The molecule has 0 N–H and O–H groups in total. The van der Waals surface area contributed by atoms with E-state index in [1.54, 1.807) is 0 Å². The summed E-state index contributed by atoms with van der Waals surface area (Å²) in [6, 6.07) is 64.5. The summed E-state index contributed by atoms with van der Waals surface area (Å²) in [5.74, 6) is 0.709. The SMILES string of the molecule is c1ccc(-c2cccc(-c3cc(-c4cc(-c5ccccc5)nc(-c5ccccc5)n4)cc(-c4cccc5sc6ccccc6c45)c3)c2)cc1. The van der Waals surface area contributed by atoms with Crippen molar-refractivity contribution in [2.24, 2.45) is 0 Å². The number of nitrogens with zero attached hydrogens (tertiary/aromatic N) is 2. The van der Waals surface area contributed by atoms with Gasteiger partial charge in [0.25, 0.3) is 0 Å². The summed E-state index contributed by atoms with van der Waals surface area (Å²) in [6.45, 7) is 0. The molecule has 0 unspecified atom stereocenters. The van der Waals surface area contributed by atoms with Gasteiger partial charge in [-0.3, -0.25) is 0 Å². The van der Waals surface area contributed by atoms with Crippen molar-refractivity contribution in [2.75, 3.05) is 0 Å². The molecule has 2 nitrogen and oxygen atoms in total. The maximum absolute atomic E-state index is 5.23. The largest absolute Gasteiger partial charge is 0.228 e. The zero-order valence-corrected chi connectivity index (χ0v) is 27.4. The summed E-state index contributed by atoms with van der Waals surface area (Å²) >= 11 is 1.85. The van der Waals surface area contributed by atoms with Gasteiger partial charge in [0.1, 0.15) is 0 Å². The molecule has 230 valence electrons. The average Bonchev–Trinajstić information content (AvgIpc) is 3.58. The normalized spacial score (nSPS) is 11.3. The van der Waals surface area contributed by atoms with E-state index in [9.17, 15) is 0 Å². The van der Waals surface area contributed by atoms with Crippen molar-refractivity contribution in [3.63, 3.8) is 0 Å². The zero-order chi connectivity index (χ0) is 32.6. The molecule has 0 aliphatic carbocycles. The Hall–Kier alpha value is -6.16. The fraction of sp³-hybridized carbons (Fsp3) is 0. The Morgan fingerprint density at radius 3 is 1.59 bits per heavy atom. The number of thiophene rings is 1. The quantitative estimate of drug-likeness (QED) is 0.180. The molecular weight excluding hydrogens is 613 g/mol. The molecule has 0 radical (unpaired) electrons. The van der Waals surface area contributed by atoms with E-state index in [0.717, 1.165) is 44.8 Å². The molecule has 7 aromatic carbocycles. The zero-order valence-electron chi connectivity index (χ0n) is 26.6. The molecule has 3 heteroatoms. The first-order chi connectivity index (χ1) is 24.3. The van der Waals surface area contributed by atoms with Crippen molar-refractivity contribution < 1.29 is 0 Å². The van der Waals surface area contributed by atoms with E-state index in [-0.39, 0.29) is 0 Å². The van der Waals surface area contributed by atoms with E-state index in [4.69, 9.17) is 9.97 Å². The Labute approximate surface area is 289 Å². The maximum Gasteiger partial charge on any atom is 0.160 e. The Balaban J connectivity index is 1.30. The fourth-order valence-electron chi connectivity index (χ4n) is 6.69. The molecule has 0 aliphatic heterocycles. The maximum atomic E-state index is 5.23. The molecule has 49 heavy (non-hydrogen) atoms. The highest BCUT2D eigenvalue weighted by Gasteiger charge is 2.16. The van der Waals surface area contributed by atoms with Gasteiger partial charge in [0.2, 0.25) is 0 Å². The first kappa shape index (κ1) is 29.0. The van der Waals surface area contributed by atoms with Gasteiger partial charge in [-0.1, -0.05) is 140 Å². The first-order valence-electron chi connectivity index (χ1n) is 16.5. The van der Waals surface area contributed by atoms with Crippen LogP contribution in [0.25, 0.3) is 87.5 Å². The Bertz CT molecular complexity index is 2530. The summed E-state index contributed by atoms with van der Waals surface area (Å²) < 4.78 is 2.59. The van der Waals surface area contributed by atoms with Crippen molar-refractivity contribution in [1.29, 1.82) is 0 Å². The third-order valence-electron chi connectivity index (χ3n) is 9.07. The smallest absolute Gasteiger partial charge is 0.160 e. The predicted molar refractivity (Wildman–Crippen MR) is 208 cm³/mol. The highest BCUT2D eigenvalue weighted by Crippen LogP contribution is 2.42. The van der Waals surface area contributed by atoms with Gasteiger partial charge < -0.3 is 0 Å². The van der Waals surface area contributed by atoms with Gasteiger partial charge >= 0.3 is 0 Å². The molecule has 0 spiro atoms. The van der Waals surface area contributed by atoms with Crippen LogP contribution in [0.5, 0.6) is 0 Å². The lowest BCUT2D eigenvalue weighted by Crippen LogP contribution is -1.96. The van der Waals surface area contributed by atoms with Crippen LogP contribution in [-0.4, -0.2) is 9.97 Å². The number of rotatable bonds is 6. The van der Waals surface area contributed by atoms with Gasteiger partial charge in [-0.2, -0.15) is 0 Å². The van der Waals surface area contributed by atoms with E-state index in [1.165, 1.54) is 36.9 Å². The Morgan fingerprint density at radius 2 is 0.837 bits per heavy atom. The van der Waals surface area contributed by atoms with E-state index >= 15 is 0 Å². The molecule has 0 fully saturated rings. The molecule has 2 aromatic heterocycles. The lowest BCUT2D eigenvalue weighted by Gasteiger charge is -2.14. The Kier molecular flexibility index (Phi) is 7.38. The van der Waals surface area contributed by atoms with Gasteiger partial charge in [0.05, 0.1) is 11.4 Å². The van der Waals surface area contributed by atoms with E-state index < -0.39 is 0 Å². The third-order valence-corrected chi connectivity index (χ3v) is 10.2. The van der Waals surface area contributed by atoms with Crippen molar-refractivity contribution in [3.8, 4) is 67.3 Å². The molecular formula is C46H30N2S. The minimum Gasteiger partial charge on any atom is -0.228 e.